The van der Waals surface area contributed by atoms with Gasteiger partial charge in [0, 0.05) is 60.3 Å². The molecule has 0 spiro atoms. The topological polar surface area (TPSA) is 83.1 Å². The van der Waals surface area contributed by atoms with Crippen molar-refractivity contribution in [2.45, 2.75) is 19.8 Å². The number of pyridine rings is 1. The number of carbonyl (C=O) groups excluding carboxylic acids is 3. The molecular formula is C27H30N4O4S. The Morgan fingerprint density at radius 3 is 2.69 bits per heavy atom. The molecular weight excluding hydrogens is 476 g/mol. The first-order valence-corrected chi connectivity index (χ1v) is 13.3. The van der Waals surface area contributed by atoms with E-state index in [0.29, 0.717) is 50.7 Å². The van der Waals surface area contributed by atoms with Crippen LogP contribution in [0.15, 0.2) is 41.8 Å². The molecule has 0 bridgehead atoms. The van der Waals surface area contributed by atoms with Gasteiger partial charge < -0.3 is 19.4 Å². The fraction of sp³-hybridized carbons (Fsp3) is 0.407. The molecule has 188 valence electrons. The van der Waals surface area contributed by atoms with Crippen LogP contribution >= 0.6 is 11.3 Å². The van der Waals surface area contributed by atoms with Crippen LogP contribution in [-0.4, -0.2) is 78.9 Å². The summed E-state index contributed by atoms with van der Waals surface area (Å²) < 4.78 is 6.48. The predicted molar refractivity (Wildman–Crippen MR) is 140 cm³/mol. The van der Waals surface area contributed by atoms with Gasteiger partial charge in [0.25, 0.3) is 5.91 Å². The summed E-state index contributed by atoms with van der Waals surface area (Å²) in [6.07, 6.45) is 2.42. The number of hydrogen-bond donors (Lipinski definition) is 0. The summed E-state index contributed by atoms with van der Waals surface area (Å²) in [4.78, 5) is 47.9. The first-order chi connectivity index (χ1) is 17.6. The lowest BCUT2D eigenvalue weighted by Crippen LogP contribution is -2.48. The second kappa shape index (κ2) is 10.7. The van der Waals surface area contributed by atoms with E-state index in [2.05, 4.69) is 22.4 Å². The molecule has 4 heterocycles. The fourth-order valence-corrected chi connectivity index (χ4v) is 5.96. The zero-order valence-corrected chi connectivity index (χ0v) is 21.2. The van der Waals surface area contributed by atoms with E-state index in [1.165, 1.54) is 4.70 Å². The van der Waals surface area contributed by atoms with Crippen molar-refractivity contribution in [3.05, 3.63) is 47.3 Å². The van der Waals surface area contributed by atoms with Gasteiger partial charge in [-0.15, -0.1) is 11.3 Å². The zero-order chi connectivity index (χ0) is 25.1. The molecule has 0 N–H and O–H groups in total. The van der Waals surface area contributed by atoms with Gasteiger partial charge in [-0.2, -0.15) is 0 Å². The number of fused-ring (bicyclic) bond motifs is 1. The molecule has 36 heavy (non-hydrogen) atoms. The van der Waals surface area contributed by atoms with E-state index in [-0.39, 0.29) is 17.8 Å². The first-order valence-electron chi connectivity index (χ1n) is 12.5. The highest BCUT2D eigenvalue weighted by atomic mass is 32.1. The molecule has 2 amide bonds. The third-order valence-electron chi connectivity index (χ3n) is 6.95. The van der Waals surface area contributed by atoms with E-state index in [4.69, 9.17) is 9.72 Å². The second-order valence-electron chi connectivity index (χ2n) is 9.18. The van der Waals surface area contributed by atoms with Gasteiger partial charge in [0.15, 0.2) is 0 Å². The standard InChI is InChI=1S/C27H30N4O4S/c1-2-35-27(34)19-6-5-11-31(16-19)25-21(26(33)30-14-12-29(18-32)13-15-30)9-10-23(28-25)22-17-36-24-8-4-3-7-20(22)24/h3-4,7-10,17-19H,2,5-6,11-16H2,1H3. The van der Waals surface area contributed by atoms with Crippen LogP contribution in [0.3, 0.4) is 0 Å². The smallest absolute Gasteiger partial charge is 0.310 e. The van der Waals surface area contributed by atoms with Crippen LogP contribution < -0.4 is 4.90 Å². The van der Waals surface area contributed by atoms with Gasteiger partial charge in [0.1, 0.15) is 5.82 Å². The number of rotatable bonds is 6. The van der Waals surface area contributed by atoms with Crippen LogP contribution in [0.25, 0.3) is 21.3 Å². The van der Waals surface area contributed by atoms with Gasteiger partial charge in [-0.1, -0.05) is 18.2 Å². The van der Waals surface area contributed by atoms with E-state index >= 15 is 0 Å². The first kappa shape index (κ1) is 24.2. The third kappa shape index (κ3) is 4.80. The monoisotopic (exact) mass is 506 g/mol. The van der Waals surface area contributed by atoms with Crippen molar-refractivity contribution in [1.82, 2.24) is 14.8 Å². The predicted octanol–water partition coefficient (Wildman–Crippen LogP) is 3.66. The minimum atomic E-state index is -0.245. The summed E-state index contributed by atoms with van der Waals surface area (Å²) in [5.41, 5.74) is 2.37. The van der Waals surface area contributed by atoms with Crippen molar-refractivity contribution >= 4 is 45.5 Å². The highest BCUT2D eigenvalue weighted by Gasteiger charge is 2.32. The molecule has 1 atom stereocenters. The normalized spacial score (nSPS) is 18.4. The van der Waals surface area contributed by atoms with Crippen LogP contribution in [0.2, 0.25) is 0 Å². The van der Waals surface area contributed by atoms with Gasteiger partial charge in [-0.3, -0.25) is 14.4 Å². The Morgan fingerprint density at radius 2 is 1.92 bits per heavy atom. The van der Waals surface area contributed by atoms with Crippen molar-refractivity contribution in [2.24, 2.45) is 5.92 Å². The largest absolute Gasteiger partial charge is 0.466 e. The molecule has 9 heteroatoms. The summed E-state index contributed by atoms with van der Waals surface area (Å²) in [6, 6.07) is 12.0. The molecule has 8 nitrogen and oxygen atoms in total. The number of hydrogen-bond acceptors (Lipinski definition) is 7. The van der Waals surface area contributed by atoms with Gasteiger partial charge in [-0.25, -0.2) is 4.98 Å². The maximum atomic E-state index is 13.6. The van der Waals surface area contributed by atoms with Crippen LogP contribution in [0.4, 0.5) is 5.82 Å². The molecule has 2 saturated heterocycles. The lowest BCUT2D eigenvalue weighted by atomic mass is 9.97. The molecule has 0 saturated carbocycles. The molecule has 2 aliphatic rings. The number of piperazine rings is 1. The summed E-state index contributed by atoms with van der Waals surface area (Å²) in [7, 11) is 0. The number of piperidine rings is 1. The van der Waals surface area contributed by atoms with Gasteiger partial charge in [0.2, 0.25) is 6.41 Å². The quantitative estimate of drug-likeness (QED) is 0.375. The van der Waals surface area contributed by atoms with E-state index in [1.807, 2.05) is 31.2 Å². The van der Waals surface area contributed by atoms with Gasteiger partial charge in [0.05, 0.1) is 23.8 Å². The minimum Gasteiger partial charge on any atom is -0.466 e. The molecule has 5 rings (SSSR count). The highest BCUT2D eigenvalue weighted by Crippen LogP contribution is 2.35. The number of amides is 2. The second-order valence-corrected chi connectivity index (χ2v) is 10.1. The van der Waals surface area contributed by atoms with Crippen LogP contribution in [-0.2, 0) is 14.3 Å². The molecule has 0 radical (unpaired) electrons. The Bertz CT molecular complexity index is 1270. The van der Waals surface area contributed by atoms with Crippen LogP contribution in [0, 0.1) is 5.92 Å². The Kier molecular flexibility index (Phi) is 7.18. The molecule has 1 aromatic carbocycles. The molecule has 0 aliphatic carbocycles. The van der Waals surface area contributed by atoms with Crippen LogP contribution in [0.5, 0.6) is 0 Å². The average molecular weight is 507 g/mol. The Labute approximate surface area is 214 Å². The van der Waals surface area contributed by atoms with Crippen LogP contribution in [0.1, 0.15) is 30.1 Å². The fourth-order valence-electron chi connectivity index (χ4n) is 5.01. The number of thiophene rings is 1. The summed E-state index contributed by atoms with van der Waals surface area (Å²) in [5, 5.41) is 3.24. The van der Waals surface area contributed by atoms with Crippen molar-refractivity contribution in [3.8, 4) is 11.3 Å². The molecule has 3 aromatic rings. The lowest BCUT2D eigenvalue weighted by molar-refractivity contribution is -0.148. The number of esters is 1. The third-order valence-corrected chi connectivity index (χ3v) is 7.92. The zero-order valence-electron chi connectivity index (χ0n) is 20.4. The van der Waals surface area contributed by atoms with Crippen molar-refractivity contribution < 1.29 is 19.1 Å². The number of nitrogens with zero attached hydrogens (tertiary/aromatic N) is 4. The summed E-state index contributed by atoms with van der Waals surface area (Å²) >= 11 is 1.67. The number of anilines is 1. The van der Waals surface area contributed by atoms with E-state index < -0.39 is 0 Å². The average Bonchev–Trinajstić information content (AvgIpc) is 3.37. The maximum Gasteiger partial charge on any atom is 0.310 e. The van der Waals surface area contributed by atoms with Crippen molar-refractivity contribution in [3.63, 3.8) is 0 Å². The number of benzene rings is 1. The van der Waals surface area contributed by atoms with Gasteiger partial charge in [-0.05, 0) is 38.0 Å². The maximum absolute atomic E-state index is 13.6. The van der Waals surface area contributed by atoms with Gasteiger partial charge >= 0.3 is 5.97 Å². The molecule has 2 fully saturated rings. The molecule has 2 aliphatic heterocycles. The lowest BCUT2D eigenvalue weighted by Gasteiger charge is -2.36. The highest BCUT2D eigenvalue weighted by molar-refractivity contribution is 7.17. The summed E-state index contributed by atoms with van der Waals surface area (Å²) in [5.74, 6) is 0.0768. The Hall–Kier alpha value is -3.46. The number of ether oxygens (including phenoxy) is 1. The number of carbonyl (C=O) groups is 3. The van der Waals surface area contributed by atoms with Crippen molar-refractivity contribution in [1.29, 1.82) is 0 Å². The van der Waals surface area contributed by atoms with E-state index in [9.17, 15) is 14.4 Å². The minimum absolute atomic E-state index is 0.0944. The summed E-state index contributed by atoms with van der Waals surface area (Å²) in [6.45, 7) is 5.37. The van der Waals surface area contributed by atoms with E-state index in [0.717, 1.165) is 42.4 Å². The Morgan fingerprint density at radius 1 is 1.11 bits per heavy atom. The Balaban J connectivity index is 1.51. The molecule has 1 unspecified atom stereocenters. The van der Waals surface area contributed by atoms with E-state index in [1.54, 1.807) is 21.1 Å². The number of aromatic nitrogens is 1. The van der Waals surface area contributed by atoms with Crippen molar-refractivity contribution in [2.75, 3.05) is 50.8 Å². The SMILES string of the molecule is CCOC(=O)C1CCCN(c2nc(-c3csc4ccccc34)ccc2C(=O)N2CCN(C=O)CC2)C1. The molecule has 2 aromatic heterocycles.